The van der Waals surface area contributed by atoms with E-state index < -0.39 is 9.73 Å². The van der Waals surface area contributed by atoms with Crippen LogP contribution in [0.4, 0.5) is 0 Å². The largest absolute Gasteiger partial charge is 0.441 e. The number of nitrogens with zero attached hydrogens (tertiary/aromatic N) is 1. The van der Waals surface area contributed by atoms with Gasteiger partial charge in [0.15, 0.2) is 22.3 Å². The number of aromatic nitrogens is 1. The summed E-state index contributed by atoms with van der Waals surface area (Å²) in [5, 5.41) is 3.71. The van der Waals surface area contributed by atoms with E-state index >= 15 is 0 Å². The van der Waals surface area contributed by atoms with Gasteiger partial charge >= 0.3 is 0 Å². The molecule has 1 aliphatic heterocycles. The maximum Gasteiger partial charge on any atom is 0.287 e. The third-order valence-electron chi connectivity index (χ3n) is 7.08. The van der Waals surface area contributed by atoms with Crippen LogP contribution in [-0.4, -0.2) is 40.1 Å². The minimum Gasteiger partial charge on any atom is -0.441 e. The standard InChI is InChI=1S/C23H24ClN3O5S/c24-15-1-2-18-17(5-15)27-22(32-18)14-6-23(7-14)8-16(9-23)26-21(28)19-3-4-20(31-19)33(25,29)12-13-10-30-11-13/h1-5,13-14,16,25H,6-12H2,(H,26,28). The number of oxazole rings is 1. The quantitative estimate of drug-likeness (QED) is 0.523. The summed E-state index contributed by atoms with van der Waals surface area (Å²) >= 11 is 6.03. The predicted octanol–water partition coefficient (Wildman–Crippen LogP) is 4.58. The number of rotatable bonds is 6. The number of furan rings is 1. The van der Waals surface area contributed by atoms with E-state index in [-0.39, 0.29) is 39.9 Å². The average molecular weight is 490 g/mol. The molecule has 2 aromatic heterocycles. The van der Waals surface area contributed by atoms with Crippen LogP contribution in [-0.2, 0) is 14.5 Å². The monoisotopic (exact) mass is 489 g/mol. The molecule has 3 fully saturated rings. The first-order valence-electron chi connectivity index (χ1n) is 11.1. The van der Waals surface area contributed by atoms with Crippen molar-refractivity contribution >= 4 is 38.3 Å². The minimum atomic E-state index is -3.06. The highest BCUT2D eigenvalue weighted by Gasteiger charge is 2.54. The molecule has 2 saturated carbocycles. The van der Waals surface area contributed by atoms with Gasteiger partial charge in [-0.15, -0.1) is 0 Å². The van der Waals surface area contributed by atoms with Gasteiger partial charge in [-0.25, -0.2) is 14.0 Å². The van der Waals surface area contributed by atoms with Gasteiger partial charge in [-0.05, 0) is 61.4 Å². The van der Waals surface area contributed by atoms with Crippen molar-refractivity contribution in [3.8, 4) is 0 Å². The molecule has 0 radical (unpaired) electrons. The second-order valence-corrected chi connectivity index (χ2v) is 12.2. The van der Waals surface area contributed by atoms with E-state index in [1.807, 2.05) is 12.1 Å². The molecule has 2 N–H and O–H groups in total. The molecule has 33 heavy (non-hydrogen) atoms. The van der Waals surface area contributed by atoms with E-state index in [4.69, 9.17) is 30.0 Å². The van der Waals surface area contributed by atoms with Crippen molar-refractivity contribution in [2.75, 3.05) is 19.0 Å². The molecular weight excluding hydrogens is 466 g/mol. The summed E-state index contributed by atoms with van der Waals surface area (Å²) < 4.78 is 37.3. The molecule has 10 heteroatoms. The zero-order valence-electron chi connectivity index (χ0n) is 17.8. The maximum absolute atomic E-state index is 12.6. The van der Waals surface area contributed by atoms with Crippen molar-refractivity contribution in [2.24, 2.45) is 11.3 Å². The fourth-order valence-corrected chi connectivity index (χ4v) is 7.04. The fraction of sp³-hybridized carbons (Fsp3) is 0.478. The maximum atomic E-state index is 12.6. The summed E-state index contributed by atoms with van der Waals surface area (Å²) in [6.07, 6.45) is 3.81. The van der Waals surface area contributed by atoms with Crippen LogP contribution in [0.15, 0.2) is 44.3 Å². The normalized spacial score (nSPS) is 28.6. The van der Waals surface area contributed by atoms with E-state index in [9.17, 15) is 9.00 Å². The third-order valence-corrected chi connectivity index (χ3v) is 9.12. The van der Waals surface area contributed by atoms with E-state index in [1.54, 1.807) is 6.07 Å². The molecule has 2 aliphatic carbocycles. The lowest BCUT2D eigenvalue weighted by atomic mass is 9.50. The average Bonchev–Trinajstić information content (AvgIpc) is 3.32. The number of hydrogen-bond donors (Lipinski definition) is 2. The van der Waals surface area contributed by atoms with Crippen LogP contribution < -0.4 is 5.32 Å². The number of amides is 1. The molecule has 1 atom stereocenters. The number of halogens is 1. The Hall–Kier alpha value is -2.36. The van der Waals surface area contributed by atoms with E-state index in [2.05, 4.69) is 10.3 Å². The molecular formula is C23H24ClN3O5S. The summed E-state index contributed by atoms with van der Waals surface area (Å²) in [5.41, 5.74) is 1.77. The van der Waals surface area contributed by atoms with Crippen molar-refractivity contribution in [1.29, 1.82) is 4.78 Å². The van der Waals surface area contributed by atoms with Crippen LogP contribution in [0, 0.1) is 16.1 Å². The van der Waals surface area contributed by atoms with Crippen molar-refractivity contribution in [1.82, 2.24) is 10.3 Å². The second-order valence-electron chi connectivity index (χ2n) is 9.71. The Balaban J connectivity index is 1.02. The number of hydrogen-bond acceptors (Lipinski definition) is 7. The summed E-state index contributed by atoms with van der Waals surface area (Å²) in [6.45, 7) is 1.05. The second kappa shape index (κ2) is 7.58. The van der Waals surface area contributed by atoms with Gasteiger partial charge in [0.25, 0.3) is 5.91 Å². The van der Waals surface area contributed by atoms with Gasteiger partial charge in [-0.1, -0.05) is 11.6 Å². The molecule has 6 rings (SSSR count). The number of carbonyl (C=O) groups is 1. The van der Waals surface area contributed by atoms with Crippen LogP contribution in [0.3, 0.4) is 0 Å². The lowest BCUT2D eigenvalue weighted by molar-refractivity contribution is -0.0256. The van der Waals surface area contributed by atoms with E-state index in [0.717, 1.165) is 42.7 Å². The Morgan fingerprint density at radius 3 is 2.70 bits per heavy atom. The van der Waals surface area contributed by atoms with Crippen LogP contribution in [0.2, 0.25) is 5.02 Å². The molecule has 1 saturated heterocycles. The van der Waals surface area contributed by atoms with Crippen molar-refractivity contribution in [3.05, 3.63) is 47.0 Å². The third kappa shape index (κ3) is 3.86. The van der Waals surface area contributed by atoms with Gasteiger partial charge in [-0.3, -0.25) is 4.79 Å². The van der Waals surface area contributed by atoms with Crippen LogP contribution in [0.25, 0.3) is 11.1 Å². The molecule has 3 aliphatic rings. The van der Waals surface area contributed by atoms with E-state index in [0.29, 0.717) is 24.2 Å². The Kier molecular flexibility index (Phi) is 4.87. The smallest absolute Gasteiger partial charge is 0.287 e. The zero-order chi connectivity index (χ0) is 22.8. The number of carbonyl (C=O) groups excluding carboxylic acids is 1. The summed E-state index contributed by atoms with van der Waals surface area (Å²) in [7, 11) is -3.06. The molecule has 1 spiro atoms. The van der Waals surface area contributed by atoms with Gasteiger partial charge < -0.3 is 18.9 Å². The van der Waals surface area contributed by atoms with Gasteiger partial charge in [0.05, 0.1) is 13.2 Å². The van der Waals surface area contributed by atoms with Gasteiger partial charge in [0.1, 0.15) is 15.2 Å². The SMILES string of the molecule is N=S(=O)(CC1COC1)c1ccc(C(=O)NC2CC3(C2)CC(c2nc4cc(Cl)ccc4o2)C3)o1. The Bertz CT molecular complexity index is 1330. The zero-order valence-corrected chi connectivity index (χ0v) is 19.4. The predicted molar refractivity (Wildman–Crippen MR) is 121 cm³/mol. The van der Waals surface area contributed by atoms with Crippen LogP contribution in [0.1, 0.15) is 48.0 Å². The molecule has 1 unspecified atom stereocenters. The van der Waals surface area contributed by atoms with Gasteiger partial charge in [-0.2, -0.15) is 0 Å². The fourth-order valence-electron chi connectivity index (χ4n) is 5.34. The number of benzene rings is 1. The Labute approximate surface area is 196 Å². The summed E-state index contributed by atoms with van der Waals surface area (Å²) in [4.78, 5) is 17.2. The highest BCUT2D eigenvalue weighted by molar-refractivity contribution is 7.92. The lowest BCUT2D eigenvalue weighted by Gasteiger charge is -2.57. The number of ether oxygens (including phenoxy) is 1. The lowest BCUT2D eigenvalue weighted by Crippen LogP contribution is -2.55. The summed E-state index contributed by atoms with van der Waals surface area (Å²) in [5.74, 6) is 1.15. The molecule has 3 aromatic rings. The molecule has 0 bridgehead atoms. The topological polar surface area (TPSA) is 118 Å². The Morgan fingerprint density at radius 2 is 1.97 bits per heavy atom. The number of fused-ring (bicyclic) bond motifs is 1. The van der Waals surface area contributed by atoms with Gasteiger partial charge in [0.2, 0.25) is 0 Å². The summed E-state index contributed by atoms with van der Waals surface area (Å²) in [6, 6.07) is 8.53. The molecule has 3 heterocycles. The Morgan fingerprint density at radius 1 is 1.18 bits per heavy atom. The molecule has 174 valence electrons. The molecule has 8 nitrogen and oxygen atoms in total. The van der Waals surface area contributed by atoms with Crippen molar-refractivity contribution in [3.63, 3.8) is 0 Å². The first-order chi connectivity index (χ1) is 15.8. The molecule has 1 aromatic carbocycles. The minimum absolute atomic E-state index is 0.0612. The first kappa shape index (κ1) is 21.2. The highest BCUT2D eigenvalue weighted by Crippen LogP contribution is 2.61. The van der Waals surface area contributed by atoms with Crippen LogP contribution in [0.5, 0.6) is 0 Å². The first-order valence-corrected chi connectivity index (χ1v) is 13.2. The van der Waals surface area contributed by atoms with Crippen LogP contribution >= 0.6 is 11.6 Å². The van der Waals surface area contributed by atoms with Crippen molar-refractivity contribution < 1.29 is 22.6 Å². The van der Waals surface area contributed by atoms with E-state index in [1.165, 1.54) is 12.1 Å². The number of nitrogens with one attached hydrogen (secondary N) is 2. The van der Waals surface area contributed by atoms with Gasteiger partial charge in [0, 0.05) is 28.7 Å². The molecule has 1 amide bonds. The highest BCUT2D eigenvalue weighted by atomic mass is 35.5. The van der Waals surface area contributed by atoms with Crippen molar-refractivity contribution in [2.45, 2.75) is 42.7 Å².